The topological polar surface area (TPSA) is 85.8 Å². The molecule has 2 amide bonds. The lowest BCUT2D eigenvalue weighted by atomic mass is 9.78. The summed E-state index contributed by atoms with van der Waals surface area (Å²) in [4.78, 5) is 33.7. The second-order valence-corrected chi connectivity index (χ2v) is 8.50. The number of amides is 2. The first-order valence-electron chi connectivity index (χ1n) is 10.4. The summed E-state index contributed by atoms with van der Waals surface area (Å²) < 4.78 is 0. The molecule has 1 saturated carbocycles. The van der Waals surface area contributed by atoms with Gasteiger partial charge in [0.2, 0.25) is 5.91 Å². The standard InChI is InChI=1S/C21H30N4O3/c1-22-19(27)18-8-5-16(13-23-18)24-11-2-9-21(14-24)10-12-25(20(21)28)15-3-6-17(26)7-4-15/h5,8,13,15,17,26H,2-4,6-7,9-12,14H2,1H3,(H,22,27)/t15?,17?,21-/m0/s1. The van der Waals surface area contributed by atoms with Crippen molar-refractivity contribution in [3.8, 4) is 0 Å². The number of piperidine rings is 1. The van der Waals surface area contributed by atoms with Crippen LogP contribution in [0.3, 0.4) is 0 Å². The van der Waals surface area contributed by atoms with E-state index in [9.17, 15) is 14.7 Å². The van der Waals surface area contributed by atoms with Crippen LogP contribution in [-0.4, -0.2) is 65.6 Å². The van der Waals surface area contributed by atoms with Crippen molar-refractivity contribution < 1.29 is 14.7 Å². The molecule has 2 saturated heterocycles. The average molecular weight is 386 g/mol. The van der Waals surface area contributed by atoms with Crippen molar-refractivity contribution in [1.82, 2.24) is 15.2 Å². The third-order valence-electron chi connectivity index (χ3n) is 6.80. The molecule has 7 heteroatoms. The molecule has 3 heterocycles. The second-order valence-electron chi connectivity index (χ2n) is 8.50. The third kappa shape index (κ3) is 3.48. The number of carbonyl (C=O) groups excluding carboxylic acids is 2. The minimum atomic E-state index is -0.298. The van der Waals surface area contributed by atoms with Crippen LogP contribution in [0, 0.1) is 5.41 Å². The van der Waals surface area contributed by atoms with E-state index in [1.165, 1.54) is 0 Å². The first kappa shape index (κ1) is 19.2. The summed E-state index contributed by atoms with van der Waals surface area (Å²) in [5.74, 6) is 0.106. The van der Waals surface area contributed by atoms with E-state index in [2.05, 4.69) is 20.1 Å². The zero-order chi connectivity index (χ0) is 19.7. The number of aliphatic hydroxyl groups is 1. The van der Waals surface area contributed by atoms with E-state index in [1.54, 1.807) is 19.3 Å². The largest absolute Gasteiger partial charge is 0.393 e. The number of aromatic nitrogens is 1. The number of nitrogens with one attached hydrogen (secondary N) is 1. The number of pyridine rings is 1. The van der Waals surface area contributed by atoms with Crippen LogP contribution in [0.5, 0.6) is 0 Å². The smallest absolute Gasteiger partial charge is 0.269 e. The van der Waals surface area contributed by atoms with Crippen LogP contribution in [0.4, 0.5) is 5.69 Å². The van der Waals surface area contributed by atoms with E-state index < -0.39 is 0 Å². The molecule has 1 atom stereocenters. The van der Waals surface area contributed by atoms with Gasteiger partial charge in [-0.1, -0.05) is 0 Å². The molecule has 0 radical (unpaired) electrons. The van der Waals surface area contributed by atoms with Gasteiger partial charge in [-0.05, 0) is 57.1 Å². The van der Waals surface area contributed by atoms with Gasteiger partial charge < -0.3 is 20.2 Å². The third-order valence-corrected chi connectivity index (χ3v) is 6.80. The summed E-state index contributed by atoms with van der Waals surface area (Å²) in [7, 11) is 1.59. The molecule has 28 heavy (non-hydrogen) atoms. The van der Waals surface area contributed by atoms with Crippen molar-refractivity contribution in [2.75, 3.05) is 31.6 Å². The van der Waals surface area contributed by atoms with Crippen molar-refractivity contribution in [3.05, 3.63) is 24.0 Å². The Hall–Kier alpha value is -2.15. The van der Waals surface area contributed by atoms with Gasteiger partial charge in [0.05, 0.1) is 23.4 Å². The number of carbonyl (C=O) groups is 2. The van der Waals surface area contributed by atoms with E-state index in [1.807, 2.05) is 6.07 Å². The predicted molar refractivity (Wildman–Crippen MR) is 106 cm³/mol. The fourth-order valence-corrected chi connectivity index (χ4v) is 5.13. The van der Waals surface area contributed by atoms with Crippen LogP contribution in [-0.2, 0) is 4.79 Å². The van der Waals surface area contributed by atoms with Crippen molar-refractivity contribution >= 4 is 17.5 Å². The molecule has 1 aromatic rings. The lowest BCUT2D eigenvalue weighted by Gasteiger charge is -2.41. The molecule has 152 valence electrons. The van der Waals surface area contributed by atoms with E-state index in [0.29, 0.717) is 17.6 Å². The van der Waals surface area contributed by atoms with Gasteiger partial charge in [-0.3, -0.25) is 9.59 Å². The van der Waals surface area contributed by atoms with Gasteiger partial charge in [-0.15, -0.1) is 0 Å². The van der Waals surface area contributed by atoms with Crippen molar-refractivity contribution in [2.45, 2.75) is 57.1 Å². The second kappa shape index (κ2) is 7.70. The summed E-state index contributed by atoms with van der Waals surface area (Å²) in [5.41, 5.74) is 1.08. The summed E-state index contributed by atoms with van der Waals surface area (Å²) in [5, 5.41) is 12.4. The van der Waals surface area contributed by atoms with Gasteiger partial charge in [-0.2, -0.15) is 0 Å². The lowest BCUT2D eigenvalue weighted by molar-refractivity contribution is -0.139. The van der Waals surface area contributed by atoms with Crippen molar-refractivity contribution in [2.24, 2.45) is 5.41 Å². The maximum atomic E-state index is 13.4. The lowest BCUT2D eigenvalue weighted by Crippen LogP contribution is -2.50. The van der Waals surface area contributed by atoms with E-state index in [0.717, 1.165) is 70.3 Å². The predicted octanol–water partition coefficient (Wildman–Crippen LogP) is 1.56. The van der Waals surface area contributed by atoms with Crippen molar-refractivity contribution in [1.29, 1.82) is 0 Å². The molecule has 1 spiro atoms. The molecule has 0 bridgehead atoms. The van der Waals surface area contributed by atoms with Crippen LogP contribution in [0.2, 0.25) is 0 Å². The molecule has 7 nitrogen and oxygen atoms in total. The summed E-state index contributed by atoms with van der Waals surface area (Å²) in [6, 6.07) is 3.96. The highest BCUT2D eigenvalue weighted by molar-refractivity contribution is 5.92. The maximum Gasteiger partial charge on any atom is 0.269 e. The Balaban J connectivity index is 1.46. The Bertz CT molecular complexity index is 730. The fourth-order valence-electron chi connectivity index (χ4n) is 5.13. The van der Waals surface area contributed by atoms with E-state index in [-0.39, 0.29) is 17.4 Å². The Morgan fingerprint density at radius 2 is 2.00 bits per heavy atom. The van der Waals surface area contributed by atoms with E-state index >= 15 is 0 Å². The zero-order valence-corrected chi connectivity index (χ0v) is 16.6. The van der Waals surface area contributed by atoms with Crippen LogP contribution in [0.1, 0.15) is 55.4 Å². The number of hydrogen-bond donors (Lipinski definition) is 2. The monoisotopic (exact) mass is 386 g/mol. The molecule has 3 fully saturated rings. The van der Waals surface area contributed by atoms with Gasteiger partial charge in [0.25, 0.3) is 5.91 Å². The highest BCUT2D eigenvalue weighted by atomic mass is 16.3. The molecular formula is C21H30N4O3. The highest BCUT2D eigenvalue weighted by Crippen LogP contribution is 2.43. The zero-order valence-electron chi connectivity index (χ0n) is 16.6. The Labute approximate surface area is 166 Å². The Morgan fingerprint density at radius 3 is 2.68 bits per heavy atom. The number of nitrogens with zero attached hydrogens (tertiary/aromatic N) is 3. The molecular weight excluding hydrogens is 356 g/mol. The maximum absolute atomic E-state index is 13.4. The number of aliphatic hydroxyl groups excluding tert-OH is 1. The first-order valence-corrected chi connectivity index (χ1v) is 10.4. The molecule has 1 aromatic heterocycles. The van der Waals surface area contributed by atoms with Crippen molar-refractivity contribution in [3.63, 3.8) is 0 Å². The number of likely N-dealkylation sites (tertiary alicyclic amines) is 1. The Morgan fingerprint density at radius 1 is 1.21 bits per heavy atom. The average Bonchev–Trinajstić information content (AvgIpc) is 3.04. The van der Waals surface area contributed by atoms with Crippen LogP contribution >= 0.6 is 0 Å². The molecule has 3 aliphatic rings. The van der Waals surface area contributed by atoms with Crippen LogP contribution in [0.15, 0.2) is 18.3 Å². The minimum absolute atomic E-state index is 0.194. The highest BCUT2D eigenvalue weighted by Gasteiger charge is 2.50. The molecule has 2 N–H and O–H groups in total. The molecule has 2 aliphatic heterocycles. The summed E-state index contributed by atoms with van der Waals surface area (Å²) in [6.07, 6.45) is 7.81. The van der Waals surface area contributed by atoms with Gasteiger partial charge in [-0.25, -0.2) is 4.98 Å². The molecule has 0 unspecified atom stereocenters. The number of hydrogen-bond acceptors (Lipinski definition) is 5. The summed E-state index contributed by atoms with van der Waals surface area (Å²) >= 11 is 0. The number of rotatable bonds is 3. The van der Waals surface area contributed by atoms with Gasteiger partial charge >= 0.3 is 0 Å². The van der Waals surface area contributed by atoms with Gasteiger partial charge in [0.15, 0.2) is 0 Å². The molecule has 1 aliphatic carbocycles. The van der Waals surface area contributed by atoms with E-state index in [4.69, 9.17) is 0 Å². The number of anilines is 1. The summed E-state index contributed by atoms with van der Waals surface area (Å²) in [6.45, 7) is 2.46. The molecule has 0 aromatic carbocycles. The van der Waals surface area contributed by atoms with Crippen LogP contribution in [0.25, 0.3) is 0 Å². The normalized spacial score (nSPS) is 30.7. The minimum Gasteiger partial charge on any atom is -0.393 e. The van der Waals surface area contributed by atoms with Gasteiger partial charge in [0.1, 0.15) is 5.69 Å². The molecule has 4 rings (SSSR count). The fraction of sp³-hybridized carbons (Fsp3) is 0.667. The first-order chi connectivity index (χ1) is 13.5. The van der Waals surface area contributed by atoms with Gasteiger partial charge in [0, 0.05) is 32.7 Å². The quantitative estimate of drug-likeness (QED) is 0.824. The SMILES string of the molecule is CNC(=O)c1ccc(N2CCC[C@]3(CCN(C4CCC(O)CC4)C3=O)C2)cn1. The van der Waals surface area contributed by atoms with Crippen LogP contribution < -0.4 is 10.2 Å². The Kier molecular flexibility index (Phi) is 5.27.